The summed E-state index contributed by atoms with van der Waals surface area (Å²) in [5.74, 6) is 0. The van der Waals surface area contributed by atoms with Crippen molar-refractivity contribution in [3.05, 3.63) is 72.4 Å². The Labute approximate surface area is 136 Å². The molecular formula is C20H30N2. The summed E-state index contributed by atoms with van der Waals surface area (Å²) in [5, 5.41) is 3.44. The van der Waals surface area contributed by atoms with E-state index in [1.165, 1.54) is 31.3 Å². The van der Waals surface area contributed by atoms with Crippen molar-refractivity contribution in [3.63, 3.8) is 0 Å². The van der Waals surface area contributed by atoms with Gasteiger partial charge in [0.05, 0.1) is 11.4 Å². The van der Waals surface area contributed by atoms with Gasteiger partial charge in [-0.05, 0) is 37.5 Å². The van der Waals surface area contributed by atoms with Gasteiger partial charge >= 0.3 is 0 Å². The van der Waals surface area contributed by atoms with E-state index in [4.69, 9.17) is 0 Å². The van der Waals surface area contributed by atoms with Crippen LogP contribution in [-0.2, 0) is 0 Å². The molecule has 0 aromatic rings. The predicted octanol–water partition coefficient (Wildman–Crippen LogP) is 5.42. The van der Waals surface area contributed by atoms with Crippen molar-refractivity contribution in [2.24, 2.45) is 0 Å². The van der Waals surface area contributed by atoms with Crippen LogP contribution < -0.4 is 5.32 Å². The van der Waals surface area contributed by atoms with Crippen molar-refractivity contribution in [1.82, 2.24) is 10.2 Å². The summed E-state index contributed by atoms with van der Waals surface area (Å²) in [6, 6.07) is 0. The summed E-state index contributed by atoms with van der Waals surface area (Å²) >= 11 is 0. The zero-order valence-corrected chi connectivity index (χ0v) is 14.4. The molecule has 1 aliphatic heterocycles. The van der Waals surface area contributed by atoms with Gasteiger partial charge in [0, 0.05) is 18.4 Å². The molecule has 0 saturated heterocycles. The van der Waals surface area contributed by atoms with Crippen LogP contribution >= 0.6 is 0 Å². The molecule has 22 heavy (non-hydrogen) atoms. The molecule has 0 spiro atoms. The molecule has 0 aromatic heterocycles. The molecule has 0 radical (unpaired) electrons. The van der Waals surface area contributed by atoms with E-state index >= 15 is 0 Å². The minimum atomic E-state index is 0.933. The Morgan fingerprint density at radius 2 is 2.05 bits per heavy atom. The maximum Gasteiger partial charge on any atom is 0.0638 e. The average molecular weight is 298 g/mol. The van der Waals surface area contributed by atoms with Crippen molar-refractivity contribution in [1.29, 1.82) is 0 Å². The van der Waals surface area contributed by atoms with Crippen LogP contribution in [0.3, 0.4) is 0 Å². The number of nitrogens with zero attached hydrogens (tertiary/aromatic N) is 1. The van der Waals surface area contributed by atoms with Gasteiger partial charge < -0.3 is 10.2 Å². The second kappa shape index (κ2) is 9.14. The molecule has 0 atom stereocenters. The first-order valence-electron chi connectivity index (χ1n) is 8.15. The van der Waals surface area contributed by atoms with Gasteiger partial charge in [-0.3, -0.25) is 0 Å². The molecule has 0 fully saturated rings. The lowest BCUT2D eigenvalue weighted by molar-refractivity contribution is 0.562. The molecule has 1 aliphatic rings. The minimum absolute atomic E-state index is 0.933. The van der Waals surface area contributed by atoms with Gasteiger partial charge in [-0.25, -0.2) is 0 Å². The van der Waals surface area contributed by atoms with Crippen molar-refractivity contribution in [2.45, 2.75) is 46.5 Å². The summed E-state index contributed by atoms with van der Waals surface area (Å²) in [6.07, 6.45) is 13.1. The highest BCUT2D eigenvalue weighted by Gasteiger charge is 2.18. The maximum atomic E-state index is 4.19. The Morgan fingerprint density at radius 1 is 1.32 bits per heavy atom. The molecule has 1 rings (SSSR count). The lowest BCUT2D eigenvalue weighted by Crippen LogP contribution is -2.26. The number of nitrogens with one attached hydrogen (secondary N) is 1. The number of hydrogen-bond acceptors (Lipinski definition) is 2. The van der Waals surface area contributed by atoms with E-state index in [0.717, 1.165) is 29.2 Å². The number of allylic oxidation sites excluding steroid dienone is 4. The standard InChI is InChI=1S/C20H30N2/c1-7-10-11-12-13-21-17(5)20(9-3)22-15-16(4)14-19(8-2)18(22)6/h8-9,14-15,21H,2,5-7,10-13H2,1,3-4H3/b20-9-. The van der Waals surface area contributed by atoms with Gasteiger partial charge in [0.1, 0.15) is 0 Å². The van der Waals surface area contributed by atoms with Crippen LogP contribution in [0, 0.1) is 0 Å². The van der Waals surface area contributed by atoms with Crippen LogP contribution in [0.5, 0.6) is 0 Å². The van der Waals surface area contributed by atoms with E-state index in [1.807, 2.05) is 13.0 Å². The Hall–Kier alpha value is -1.96. The quantitative estimate of drug-likeness (QED) is 0.451. The van der Waals surface area contributed by atoms with Gasteiger partial charge in [0.15, 0.2) is 0 Å². The van der Waals surface area contributed by atoms with Crippen molar-refractivity contribution in [2.75, 3.05) is 6.54 Å². The fourth-order valence-electron chi connectivity index (χ4n) is 2.52. The van der Waals surface area contributed by atoms with Crippen molar-refractivity contribution in [3.8, 4) is 0 Å². The summed E-state index contributed by atoms with van der Waals surface area (Å²) in [6.45, 7) is 19.5. The second-order valence-electron chi connectivity index (χ2n) is 5.63. The molecule has 120 valence electrons. The molecule has 2 nitrogen and oxygen atoms in total. The highest BCUT2D eigenvalue weighted by molar-refractivity contribution is 5.49. The van der Waals surface area contributed by atoms with E-state index in [9.17, 15) is 0 Å². The van der Waals surface area contributed by atoms with E-state index in [1.54, 1.807) is 0 Å². The normalized spacial score (nSPS) is 15.3. The highest BCUT2D eigenvalue weighted by atomic mass is 15.2. The van der Waals surface area contributed by atoms with Gasteiger partial charge in [-0.15, -0.1) is 0 Å². The lowest BCUT2D eigenvalue weighted by atomic mass is 10.0. The third-order valence-corrected chi connectivity index (χ3v) is 3.77. The van der Waals surface area contributed by atoms with Gasteiger partial charge in [-0.1, -0.05) is 58.1 Å². The zero-order chi connectivity index (χ0) is 16.5. The van der Waals surface area contributed by atoms with E-state index in [0.29, 0.717) is 0 Å². The Morgan fingerprint density at radius 3 is 2.64 bits per heavy atom. The van der Waals surface area contributed by atoms with Crippen LogP contribution in [-0.4, -0.2) is 11.4 Å². The van der Waals surface area contributed by atoms with Crippen molar-refractivity contribution < 1.29 is 0 Å². The van der Waals surface area contributed by atoms with Crippen LogP contribution in [0.2, 0.25) is 0 Å². The second-order valence-corrected chi connectivity index (χ2v) is 5.63. The van der Waals surface area contributed by atoms with E-state index in [2.05, 4.69) is 62.2 Å². The predicted molar refractivity (Wildman–Crippen MR) is 98.1 cm³/mol. The SMILES string of the molecule is C=CC1=CC(C)=CN(/C(=C\C)C(=C)NCCCCCC)C1=C. The first kappa shape index (κ1) is 18.1. The number of rotatable bonds is 9. The number of unbranched alkanes of at least 4 members (excludes halogenated alkanes) is 3. The van der Waals surface area contributed by atoms with Gasteiger partial charge in [0.2, 0.25) is 0 Å². The molecule has 0 saturated carbocycles. The summed E-state index contributed by atoms with van der Waals surface area (Å²) in [7, 11) is 0. The molecular weight excluding hydrogens is 268 g/mol. The molecule has 0 aromatic carbocycles. The first-order chi connectivity index (χ1) is 10.5. The number of hydrogen-bond donors (Lipinski definition) is 1. The molecule has 0 unspecified atom stereocenters. The molecule has 1 heterocycles. The van der Waals surface area contributed by atoms with Crippen LogP contribution in [0.1, 0.15) is 46.5 Å². The summed E-state index contributed by atoms with van der Waals surface area (Å²) < 4.78 is 0. The van der Waals surface area contributed by atoms with Gasteiger partial charge in [-0.2, -0.15) is 0 Å². The minimum Gasteiger partial charge on any atom is -0.384 e. The van der Waals surface area contributed by atoms with Crippen LogP contribution in [0.25, 0.3) is 0 Å². The third kappa shape index (κ3) is 4.80. The van der Waals surface area contributed by atoms with Crippen LogP contribution in [0.15, 0.2) is 72.4 Å². The fourth-order valence-corrected chi connectivity index (χ4v) is 2.52. The molecule has 0 amide bonds. The zero-order valence-electron chi connectivity index (χ0n) is 14.4. The molecule has 0 bridgehead atoms. The smallest absolute Gasteiger partial charge is 0.0638 e. The Bertz CT molecular complexity index is 518. The lowest BCUT2D eigenvalue weighted by Gasteiger charge is -2.31. The first-order valence-corrected chi connectivity index (χ1v) is 8.15. The molecule has 2 heteroatoms. The van der Waals surface area contributed by atoms with E-state index < -0.39 is 0 Å². The summed E-state index contributed by atoms with van der Waals surface area (Å²) in [4.78, 5) is 2.09. The Balaban J connectivity index is 2.72. The molecule has 1 N–H and O–H groups in total. The van der Waals surface area contributed by atoms with Crippen molar-refractivity contribution >= 4 is 0 Å². The monoisotopic (exact) mass is 298 g/mol. The third-order valence-electron chi connectivity index (χ3n) is 3.77. The van der Waals surface area contributed by atoms with Crippen LogP contribution in [0.4, 0.5) is 0 Å². The average Bonchev–Trinajstić information content (AvgIpc) is 2.50. The van der Waals surface area contributed by atoms with Gasteiger partial charge in [0.25, 0.3) is 0 Å². The highest BCUT2D eigenvalue weighted by Crippen LogP contribution is 2.29. The largest absolute Gasteiger partial charge is 0.384 e. The topological polar surface area (TPSA) is 15.3 Å². The molecule has 0 aliphatic carbocycles. The fraction of sp³-hybridized carbons (Fsp3) is 0.400. The van der Waals surface area contributed by atoms with E-state index in [-0.39, 0.29) is 0 Å². The maximum absolute atomic E-state index is 4.19. The summed E-state index contributed by atoms with van der Waals surface area (Å²) in [5.41, 5.74) is 5.15. The Kier molecular flexibility index (Phi) is 7.51.